The summed E-state index contributed by atoms with van der Waals surface area (Å²) in [4.78, 5) is 11.9. The molecule has 6 heteroatoms. The molecule has 0 spiro atoms. The van der Waals surface area contributed by atoms with Crippen molar-refractivity contribution in [2.24, 2.45) is 0 Å². The van der Waals surface area contributed by atoms with Gasteiger partial charge in [-0.25, -0.2) is 4.79 Å². The number of rotatable bonds is 5. The molecule has 4 nitrogen and oxygen atoms in total. The number of nitrogens with zero attached hydrogens (tertiary/aromatic N) is 1. The van der Waals surface area contributed by atoms with E-state index in [4.69, 9.17) is 27.9 Å². The molecular formula is C15H16Cl2N2O2. The number of carbonyl (C=O) groups is 1. The van der Waals surface area contributed by atoms with Crippen molar-refractivity contribution in [3.8, 4) is 0 Å². The van der Waals surface area contributed by atoms with Gasteiger partial charge in [0.25, 0.3) is 0 Å². The summed E-state index contributed by atoms with van der Waals surface area (Å²) in [6.07, 6.45) is 0.531. The monoisotopic (exact) mass is 326 g/mol. The van der Waals surface area contributed by atoms with Crippen LogP contribution in [0.15, 0.2) is 24.3 Å². The molecule has 0 atom stereocenters. The number of esters is 1. The summed E-state index contributed by atoms with van der Waals surface area (Å²) < 4.78 is 5.20. The fraction of sp³-hybridized carbons (Fsp3) is 0.333. The van der Waals surface area contributed by atoms with Crippen LogP contribution >= 0.6 is 23.2 Å². The highest BCUT2D eigenvalue weighted by Crippen LogP contribution is 2.21. The second kappa shape index (κ2) is 6.96. The van der Waals surface area contributed by atoms with Crippen LogP contribution in [0.25, 0.3) is 0 Å². The number of aromatic nitrogens is 2. The molecular weight excluding hydrogens is 311 g/mol. The minimum atomic E-state index is -0.441. The number of aromatic amines is 1. The molecule has 21 heavy (non-hydrogen) atoms. The summed E-state index contributed by atoms with van der Waals surface area (Å²) in [6, 6.07) is 6.96. The normalized spacial score (nSPS) is 10.9. The van der Waals surface area contributed by atoms with Gasteiger partial charge in [0.05, 0.1) is 6.61 Å². The summed E-state index contributed by atoms with van der Waals surface area (Å²) in [7, 11) is 0. The maximum atomic E-state index is 11.9. The third-order valence-corrected chi connectivity index (χ3v) is 3.64. The van der Waals surface area contributed by atoms with Gasteiger partial charge in [0.1, 0.15) is 0 Å². The Labute approximate surface area is 133 Å². The van der Waals surface area contributed by atoms with Crippen molar-refractivity contribution in [1.29, 1.82) is 0 Å². The van der Waals surface area contributed by atoms with Crippen LogP contribution in [0.4, 0.5) is 0 Å². The first kappa shape index (κ1) is 15.9. The van der Waals surface area contributed by atoms with Crippen molar-refractivity contribution in [2.45, 2.75) is 26.2 Å². The molecule has 112 valence electrons. The zero-order valence-electron chi connectivity index (χ0n) is 11.8. The lowest BCUT2D eigenvalue weighted by Gasteiger charge is -2.05. The molecule has 1 aromatic carbocycles. The smallest absolute Gasteiger partial charge is 0.358 e. The van der Waals surface area contributed by atoms with Crippen molar-refractivity contribution in [1.82, 2.24) is 10.2 Å². The molecule has 1 N–H and O–H groups in total. The summed E-state index contributed by atoms with van der Waals surface area (Å²) in [6.45, 7) is 4.28. The maximum Gasteiger partial charge on any atom is 0.358 e. The maximum absolute atomic E-state index is 11.9. The van der Waals surface area contributed by atoms with Gasteiger partial charge in [-0.2, -0.15) is 5.10 Å². The third kappa shape index (κ3) is 4.22. The van der Waals surface area contributed by atoms with E-state index >= 15 is 0 Å². The standard InChI is InChI=1S/C15H16Cl2N2O2/c1-9(2)13-8-14(19-18-13)15(20)21-6-5-10-3-4-11(16)7-12(10)17/h3-4,7-9H,5-6H2,1-2H3,(H,18,19). The average Bonchev–Trinajstić information content (AvgIpc) is 2.91. The van der Waals surface area contributed by atoms with Crippen LogP contribution in [-0.4, -0.2) is 22.8 Å². The van der Waals surface area contributed by atoms with E-state index in [0.717, 1.165) is 11.3 Å². The van der Waals surface area contributed by atoms with Gasteiger partial charge in [-0.15, -0.1) is 0 Å². The van der Waals surface area contributed by atoms with Gasteiger partial charge < -0.3 is 4.74 Å². The molecule has 0 radical (unpaired) electrons. The number of nitrogens with one attached hydrogen (secondary N) is 1. The Kier molecular flexibility index (Phi) is 5.26. The molecule has 0 amide bonds. The first-order valence-corrected chi connectivity index (χ1v) is 7.39. The first-order valence-electron chi connectivity index (χ1n) is 6.63. The molecule has 0 aliphatic heterocycles. The number of halogens is 2. The molecule has 1 heterocycles. The van der Waals surface area contributed by atoms with Crippen molar-refractivity contribution in [3.05, 3.63) is 51.3 Å². The molecule has 0 fully saturated rings. The number of ether oxygens (including phenoxy) is 1. The minimum absolute atomic E-state index is 0.240. The van der Waals surface area contributed by atoms with Crippen LogP contribution < -0.4 is 0 Å². The lowest BCUT2D eigenvalue weighted by molar-refractivity contribution is 0.0502. The Morgan fingerprint density at radius 2 is 2.10 bits per heavy atom. The Morgan fingerprint density at radius 3 is 2.71 bits per heavy atom. The molecule has 0 unspecified atom stereocenters. The van der Waals surface area contributed by atoms with Crippen LogP contribution in [0.3, 0.4) is 0 Å². The number of carbonyl (C=O) groups excluding carboxylic acids is 1. The number of hydrogen-bond acceptors (Lipinski definition) is 3. The highest BCUT2D eigenvalue weighted by atomic mass is 35.5. The Morgan fingerprint density at radius 1 is 1.33 bits per heavy atom. The topological polar surface area (TPSA) is 55.0 Å². The van der Waals surface area contributed by atoms with Crippen molar-refractivity contribution < 1.29 is 9.53 Å². The van der Waals surface area contributed by atoms with Crippen molar-refractivity contribution in [2.75, 3.05) is 6.61 Å². The quantitative estimate of drug-likeness (QED) is 0.836. The Balaban J connectivity index is 1.89. The van der Waals surface area contributed by atoms with Crippen LogP contribution in [0, 0.1) is 0 Å². The van der Waals surface area contributed by atoms with E-state index in [-0.39, 0.29) is 12.5 Å². The summed E-state index contributed by atoms with van der Waals surface area (Å²) in [5.41, 5.74) is 2.09. The highest BCUT2D eigenvalue weighted by molar-refractivity contribution is 6.35. The largest absolute Gasteiger partial charge is 0.461 e. The van der Waals surface area contributed by atoms with Gasteiger partial charge >= 0.3 is 5.97 Å². The highest BCUT2D eigenvalue weighted by Gasteiger charge is 2.13. The van der Waals surface area contributed by atoms with E-state index in [9.17, 15) is 4.79 Å². The summed E-state index contributed by atoms with van der Waals surface area (Å²) in [5, 5.41) is 7.92. The molecule has 2 aromatic rings. The Bertz CT molecular complexity index is 638. The zero-order chi connectivity index (χ0) is 15.4. The van der Waals surface area contributed by atoms with E-state index in [2.05, 4.69) is 10.2 Å². The molecule has 0 saturated carbocycles. The van der Waals surface area contributed by atoms with E-state index in [1.54, 1.807) is 18.2 Å². The molecule has 0 bridgehead atoms. The van der Waals surface area contributed by atoms with E-state index in [0.29, 0.717) is 22.2 Å². The van der Waals surface area contributed by atoms with Gasteiger partial charge in [-0.1, -0.05) is 43.1 Å². The zero-order valence-corrected chi connectivity index (χ0v) is 13.3. The SMILES string of the molecule is CC(C)c1cc(C(=O)OCCc2ccc(Cl)cc2Cl)n[nH]1. The van der Waals surface area contributed by atoms with Gasteiger partial charge in [0, 0.05) is 22.2 Å². The molecule has 2 rings (SSSR count). The number of benzene rings is 1. The second-order valence-corrected chi connectivity index (χ2v) is 5.83. The molecule has 0 aliphatic carbocycles. The molecule has 0 saturated heterocycles. The minimum Gasteiger partial charge on any atom is -0.461 e. The van der Waals surface area contributed by atoms with Crippen LogP contribution in [0.5, 0.6) is 0 Å². The van der Waals surface area contributed by atoms with Crippen molar-refractivity contribution >= 4 is 29.2 Å². The lowest BCUT2D eigenvalue weighted by Crippen LogP contribution is -2.08. The molecule has 1 aromatic heterocycles. The van der Waals surface area contributed by atoms with Crippen LogP contribution in [0.1, 0.15) is 41.5 Å². The average molecular weight is 327 g/mol. The number of H-pyrrole nitrogens is 1. The lowest BCUT2D eigenvalue weighted by atomic mass is 10.1. The van der Waals surface area contributed by atoms with Crippen molar-refractivity contribution in [3.63, 3.8) is 0 Å². The third-order valence-electron chi connectivity index (χ3n) is 3.05. The van der Waals surface area contributed by atoms with Gasteiger partial charge in [-0.3, -0.25) is 5.10 Å². The van der Waals surface area contributed by atoms with Gasteiger partial charge in [0.15, 0.2) is 5.69 Å². The van der Waals surface area contributed by atoms with E-state index < -0.39 is 5.97 Å². The van der Waals surface area contributed by atoms with E-state index in [1.165, 1.54) is 0 Å². The van der Waals surface area contributed by atoms with Crippen LogP contribution in [0.2, 0.25) is 10.0 Å². The van der Waals surface area contributed by atoms with Gasteiger partial charge in [0.2, 0.25) is 0 Å². The second-order valence-electron chi connectivity index (χ2n) is 4.98. The number of hydrogen-bond donors (Lipinski definition) is 1. The Hall–Kier alpha value is -1.52. The van der Waals surface area contributed by atoms with Gasteiger partial charge in [-0.05, 0) is 29.7 Å². The summed E-state index contributed by atoms with van der Waals surface area (Å²) in [5.74, 6) is -0.157. The summed E-state index contributed by atoms with van der Waals surface area (Å²) >= 11 is 11.9. The first-order chi connectivity index (χ1) is 9.97. The molecule has 0 aliphatic rings. The van der Waals surface area contributed by atoms with Crippen LogP contribution in [-0.2, 0) is 11.2 Å². The predicted octanol–water partition coefficient (Wildman–Crippen LogP) is 4.24. The fourth-order valence-electron chi connectivity index (χ4n) is 1.79. The van der Waals surface area contributed by atoms with E-state index in [1.807, 2.05) is 19.9 Å². The predicted molar refractivity (Wildman–Crippen MR) is 83.1 cm³/mol. The fourth-order valence-corrected chi connectivity index (χ4v) is 2.29.